The quantitative estimate of drug-likeness (QED) is 0.645. The summed E-state index contributed by atoms with van der Waals surface area (Å²) in [6, 6.07) is 6.46. The molecule has 0 heterocycles. The fourth-order valence-corrected chi connectivity index (χ4v) is 1.71. The Morgan fingerprint density at radius 3 is 1.71 bits per heavy atom. The normalized spacial score (nSPS) is 9.29. The molecule has 0 bridgehead atoms. The van der Waals surface area contributed by atoms with Gasteiger partial charge in [0.25, 0.3) is 0 Å². The Morgan fingerprint density at radius 1 is 0.958 bits per heavy atom. The minimum absolute atomic E-state index is 0.0551. The standard InChI is InChI=1S/C13H18FNO.4C2H6/c1-10(16)13(15-2)5-3-4-11-6-8-12(14)9-7-11;4*1-2/h6-9,13,15H,3-5H2,1-2H3;4*1-2H3. The smallest absolute Gasteiger partial charge is 0.146 e. The average Bonchev–Trinajstić information content (AvgIpc) is 2.66. The summed E-state index contributed by atoms with van der Waals surface area (Å²) in [6.07, 6.45) is 2.63. The summed E-state index contributed by atoms with van der Waals surface area (Å²) in [5.74, 6) is -0.0396. The summed E-state index contributed by atoms with van der Waals surface area (Å²) >= 11 is 0. The molecule has 0 aliphatic rings. The van der Waals surface area contributed by atoms with Gasteiger partial charge in [0, 0.05) is 0 Å². The van der Waals surface area contributed by atoms with Crippen LogP contribution in [0.1, 0.15) is 80.7 Å². The van der Waals surface area contributed by atoms with Crippen molar-refractivity contribution >= 4 is 5.78 Å². The van der Waals surface area contributed by atoms with Crippen molar-refractivity contribution < 1.29 is 9.18 Å². The van der Waals surface area contributed by atoms with Gasteiger partial charge in [-0.25, -0.2) is 4.39 Å². The van der Waals surface area contributed by atoms with Gasteiger partial charge >= 0.3 is 0 Å². The largest absolute Gasteiger partial charge is 0.311 e. The Kier molecular flexibility index (Phi) is 34.0. The van der Waals surface area contributed by atoms with Gasteiger partial charge < -0.3 is 5.32 Å². The van der Waals surface area contributed by atoms with E-state index in [4.69, 9.17) is 0 Å². The highest BCUT2D eigenvalue weighted by Crippen LogP contribution is 2.08. The van der Waals surface area contributed by atoms with Crippen LogP contribution in [0.4, 0.5) is 4.39 Å². The lowest BCUT2D eigenvalue weighted by Gasteiger charge is -2.11. The molecule has 1 atom stereocenters. The molecule has 0 radical (unpaired) electrons. The highest BCUT2D eigenvalue weighted by atomic mass is 19.1. The molecule has 1 unspecified atom stereocenters. The van der Waals surface area contributed by atoms with Gasteiger partial charge in [-0.3, -0.25) is 4.79 Å². The number of nitrogens with one attached hydrogen (secondary N) is 1. The minimum atomic E-state index is -0.208. The van der Waals surface area contributed by atoms with E-state index in [1.54, 1.807) is 26.1 Å². The van der Waals surface area contributed by atoms with Gasteiger partial charge in [0.05, 0.1) is 6.04 Å². The Bertz CT molecular complexity index is 336. The molecule has 2 nitrogen and oxygen atoms in total. The maximum Gasteiger partial charge on any atom is 0.146 e. The van der Waals surface area contributed by atoms with Crippen LogP contribution >= 0.6 is 0 Å². The first-order chi connectivity index (χ1) is 11.6. The van der Waals surface area contributed by atoms with E-state index in [-0.39, 0.29) is 17.6 Å². The van der Waals surface area contributed by atoms with Crippen molar-refractivity contribution in [3.8, 4) is 0 Å². The number of likely N-dealkylation sites (N-methyl/N-ethyl adjacent to an activating group) is 1. The maximum atomic E-state index is 12.6. The van der Waals surface area contributed by atoms with Crippen molar-refractivity contribution in [2.45, 2.75) is 87.6 Å². The van der Waals surface area contributed by atoms with Crippen molar-refractivity contribution in [2.75, 3.05) is 7.05 Å². The second-order valence-electron chi connectivity index (χ2n) is 3.97. The second-order valence-corrected chi connectivity index (χ2v) is 3.97. The molecule has 0 aliphatic carbocycles. The molecule has 0 amide bonds. The topological polar surface area (TPSA) is 29.1 Å². The van der Waals surface area contributed by atoms with Gasteiger partial charge in [0.2, 0.25) is 0 Å². The molecule has 24 heavy (non-hydrogen) atoms. The van der Waals surface area contributed by atoms with Crippen molar-refractivity contribution in [3.63, 3.8) is 0 Å². The summed E-state index contributed by atoms with van der Waals surface area (Å²) in [5, 5.41) is 2.99. The molecule has 0 saturated carbocycles. The van der Waals surface area contributed by atoms with E-state index in [1.165, 1.54) is 12.1 Å². The summed E-state index contributed by atoms with van der Waals surface area (Å²) < 4.78 is 12.6. The molecule has 1 N–H and O–H groups in total. The fourth-order valence-electron chi connectivity index (χ4n) is 1.71. The number of carbonyl (C=O) groups excluding carboxylic acids is 1. The van der Waals surface area contributed by atoms with Crippen LogP contribution in [0.15, 0.2) is 24.3 Å². The fraction of sp³-hybridized carbons (Fsp3) is 0.667. The zero-order valence-corrected chi connectivity index (χ0v) is 17.8. The van der Waals surface area contributed by atoms with E-state index in [0.717, 1.165) is 24.8 Å². The lowest BCUT2D eigenvalue weighted by atomic mass is 10.0. The third-order valence-corrected chi connectivity index (χ3v) is 2.71. The van der Waals surface area contributed by atoms with Crippen LogP contribution in [0.2, 0.25) is 0 Å². The summed E-state index contributed by atoms with van der Waals surface area (Å²) in [7, 11) is 1.80. The summed E-state index contributed by atoms with van der Waals surface area (Å²) in [6.45, 7) is 17.6. The van der Waals surface area contributed by atoms with Gasteiger partial charge in [0.1, 0.15) is 11.6 Å². The zero-order chi connectivity index (χ0) is 20.0. The van der Waals surface area contributed by atoms with Crippen LogP contribution < -0.4 is 5.32 Å². The van der Waals surface area contributed by atoms with E-state index in [1.807, 2.05) is 55.4 Å². The van der Waals surface area contributed by atoms with Gasteiger partial charge in [-0.1, -0.05) is 67.5 Å². The molecule has 1 aromatic carbocycles. The molecular weight excluding hydrogens is 301 g/mol. The van der Waals surface area contributed by atoms with Gasteiger partial charge in [0.15, 0.2) is 0 Å². The molecule has 1 aromatic rings. The Hall–Kier alpha value is -1.22. The van der Waals surface area contributed by atoms with Crippen LogP contribution in [-0.4, -0.2) is 18.9 Å². The molecule has 0 spiro atoms. The molecule has 0 aliphatic heterocycles. The molecule has 0 saturated heterocycles. The van der Waals surface area contributed by atoms with E-state index in [0.29, 0.717) is 0 Å². The van der Waals surface area contributed by atoms with Gasteiger partial charge in [-0.05, 0) is 50.9 Å². The number of Topliss-reactive ketones (excluding diaryl/α,β-unsaturated/α-hetero) is 1. The second kappa shape index (κ2) is 26.7. The first-order valence-electron chi connectivity index (χ1n) is 9.55. The third kappa shape index (κ3) is 18.8. The van der Waals surface area contributed by atoms with Crippen LogP contribution in [0.5, 0.6) is 0 Å². The molecule has 0 fully saturated rings. The van der Waals surface area contributed by atoms with Gasteiger partial charge in [-0.2, -0.15) is 0 Å². The first-order valence-corrected chi connectivity index (χ1v) is 9.55. The lowest BCUT2D eigenvalue weighted by molar-refractivity contribution is -0.119. The Morgan fingerprint density at radius 2 is 1.38 bits per heavy atom. The van der Waals surface area contributed by atoms with E-state index < -0.39 is 0 Å². The Balaban J connectivity index is -0.000000218. The predicted octanol–water partition coefficient (Wildman–Crippen LogP) is 6.43. The lowest BCUT2D eigenvalue weighted by Crippen LogP contribution is -2.32. The minimum Gasteiger partial charge on any atom is -0.311 e. The predicted molar refractivity (Wildman–Crippen MR) is 108 cm³/mol. The first kappa shape index (κ1) is 30.6. The number of rotatable bonds is 6. The SMILES string of the molecule is CC.CC.CC.CC.CNC(CCCc1ccc(F)cc1)C(C)=O. The molecule has 3 heteroatoms. The van der Waals surface area contributed by atoms with Crippen LogP contribution in [-0.2, 0) is 11.2 Å². The molecule has 144 valence electrons. The number of aryl methyl sites for hydroxylation is 1. The van der Waals surface area contributed by atoms with Crippen LogP contribution in [0.3, 0.4) is 0 Å². The Labute approximate surface area is 151 Å². The summed E-state index contributed by atoms with van der Waals surface area (Å²) in [5.41, 5.74) is 1.11. The molecule has 0 aromatic heterocycles. The maximum absolute atomic E-state index is 12.6. The number of hydrogen-bond acceptors (Lipinski definition) is 2. The zero-order valence-electron chi connectivity index (χ0n) is 17.8. The monoisotopic (exact) mass is 343 g/mol. The highest BCUT2D eigenvalue weighted by Gasteiger charge is 2.10. The third-order valence-electron chi connectivity index (χ3n) is 2.71. The van der Waals surface area contributed by atoms with Crippen LogP contribution in [0, 0.1) is 5.82 Å². The number of benzene rings is 1. The number of ketones is 1. The van der Waals surface area contributed by atoms with Crippen molar-refractivity contribution in [1.82, 2.24) is 5.32 Å². The number of halogens is 1. The molecule has 1 rings (SSSR count). The van der Waals surface area contributed by atoms with E-state index in [2.05, 4.69) is 5.32 Å². The van der Waals surface area contributed by atoms with Crippen LogP contribution in [0.25, 0.3) is 0 Å². The van der Waals surface area contributed by atoms with E-state index >= 15 is 0 Å². The number of hydrogen-bond donors (Lipinski definition) is 1. The van der Waals surface area contributed by atoms with Gasteiger partial charge in [-0.15, -0.1) is 0 Å². The summed E-state index contributed by atoms with van der Waals surface area (Å²) in [4.78, 5) is 11.1. The molecular formula is C21H42FNO. The number of carbonyl (C=O) groups is 1. The van der Waals surface area contributed by atoms with Crippen molar-refractivity contribution in [3.05, 3.63) is 35.6 Å². The average molecular weight is 344 g/mol. The van der Waals surface area contributed by atoms with Crippen molar-refractivity contribution in [2.24, 2.45) is 0 Å². The highest BCUT2D eigenvalue weighted by molar-refractivity contribution is 5.81. The van der Waals surface area contributed by atoms with Crippen molar-refractivity contribution in [1.29, 1.82) is 0 Å². The van der Waals surface area contributed by atoms with E-state index in [9.17, 15) is 9.18 Å².